The quantitative estimate of drug-likeness (QED) is 0.815. The molecule has 0 saturated carbocycles. The predicted octanol–water partition coefficient (Wildman–Crippen LogP) is 2.89. The summed E-state index contributed by atoms with van der Waals surface area (Å²) in [5, 5.41) is 9.48. The normalized spacial score (nSPS) is 10.9. The van der Waals surface area contributed by atoms with E-state index in [4.69, 9.17) is 16.7 Å². The van der Waals surface area contributed by atoms with E-state index < -0.39 is 0 Å². The van der Waals surface area contributed by atoms with Gasteiger partial charge in [0.15, 0.2) is 0 Å². The van der Waals surface area contributed by atoms with Crippen LogP contribution in [0.25, 0.3) is 6.08 Å². The number of aliphatic hydroxyl groups excluding tert-OH is 1. The van der Waals surface area contributed by atoms with Crippen LogP contribution < -0.4 is 0 Å². The van der Waals surface area contributed by atoms with E-state index in [-0.39, 0.29) is 12.5 Å². The summed E-state index contributed by atoms with van der Waals surface area (Å²) in [6.07, 6.45) is 3.90. The molecule has 0 bridgehead atoms. The highest BCUT2D eigenvalue weighted by Gasteiger charge is 2.07. The molecule has 0 spiro atoms. The maximum absolute atomic E-state index is 11.9. The lowest BCUT2D eigenvalue weighted by Gasteiger charge is -2.18. The van der Waals surface area contributed by atoms with Gasteiger partial charge in [0.25, 0.3) is 0 Å². The number of benzene rings is 1. The highest BCUT2D eigenvalue weighted by Crippen LogP contribution is 2.17. The predicted molar refractivity (Wildman–Crippen MR) is 79.2 cm³/mol. The van der Waals surface area contributed by atoms with E-state index in [1.165, 1.54) is 0 Å². The summed E-state index contributed by atoms with van der Waals surface area (Å²) < 4.78 is 0. The molecular formula is C15H20ClNO2. The van der Waals surface area contributed by atoms with E-state index in [0.717, 1.165) is 11.1 Å². The van der Waals surface area contributed by atoms with E-state index in [0.29, 0.717) is 24.5 Å². The van der Waals surface area contributed by atoms with Gasteiger partial charge in [0.05, 0.1) is 0 Å². The molecule has 4 heteroatoms. The van der Waals surface area contributed by atoms with Crippen molar-refractivity contribution in [3.8, 4) is 0 Å². The van der Waals surface area contributed by atoms with Crippen LogP contribution in [0.1, 0.15) is 24.5 Å². The minimum absolute atomic E-state index is 0.0485. The molecule has 1 aromatic carbocycles. The van der Waals surface area contributed by atoms with Gasteiger partial charge in [0, 0.05) is 30.8 Å². The number of nitrogens with zero attached hydrogens (tertiary/aromatic N) is 1. The fourth-order valence-corrected chi connectivity index (χ4v) is 1.86. The summed E-state index contributed by atoms with van der Waals surface area (Å²) in [4.78, 5) is 13.6. The molecule has 3 nitrogen and oxygen atoms in total. The third-order valence-corrected chi connectivity index (χ3v) is 3.30. The Morgan fingerprint density at radius 2 is 2.21 bits per heavy atom. The van der Waals surface area contributed by atoms with Crippen molar-refractivity contribution in [2.75, 3.05) is 19.7 Å². The molecule has 0 aliphatic carbocycles. The van der Waals surface area contributed by atoms with Gasteiger partial charge >= 0.3 is 0 Å². The largest absolute Gasteiger partial charge is 0.396 e. The molecule has 1 aromatic rings. The van der Waals surface area contributed by atoms with Crippen molar-refractivity contribution in [2.24, 2.45) is 0 Å². The molecule has 0 aliphatic heterocycles. The van der Waals surface area contributed by atoms with Crippen LogP contribution in [0.2, 0.25) is 5.02 Å². The number of hydrogen-bond donors (Lipinski definition) is 1. The lowest BCUT2D eigenvalue weighted by molar-refractivity contribution is -0.125. The van der Waals surface area contributed by atoms with E-state index in [1.807, 2.05) is 32.0 Å². The molecule has 1 N–H and O–H groups in total. The van der Waals surface area contributed by atoms with Crippen LogP contribution >= 0.6 is 11.6 Å². The van der Waals surface area contributed by atoms with Crippen LogP contribution in [0.4, 0.5) is 0 Å². The Morgan fingerprint density at radius 1 is 1.47 bits per heavy atom. The molecule has 1 rings (SSSR count). The number of rotatable bonds is 6. The SMILES string of the molecule is CCN(CCCO)C(=O)/C=C/c1ccc(C)c(Cl)c1. The summed E-state index contributed by atoms with van der Waals surface area (Å²) in [6.45, 7) is 5.17. The van der Waals surface area contributed by atoms with Gasteiger partial charge in [-0.25, -0.2) is 0 Å². The highest BCUT2D eigenvalue weighted by atomic mass is 35.5. The van der Waals surface area contributed by atoms with Gasteiger partial charge in [0.1, 0.15) is 0 Å². The van der Waals surface area contributed by atoms with Crippen LogP contribution in [-0.2, 0) is 4.79 Å². The molecule has 0 aliphatic rings. The van der Waals surface area contributed by atoms with Crippen molar-refractivity contribution >= 4 is 23.6 Å². The number of hydrogen-bond acceptors (Lipinski definition) is 2. The van der Waals surface area contributed by atoms with Crippen LogP contribution in [0.15, 0.2) is 24.3 Å². The minimum Gasteiger partial charge on any atom is -0.396 e. The van der Waals surface area contributed by atoms with Crippen LogP contribution in [0.5, 0.6) is 0 Å². The smallest absolute Gasteiger partial charge is 0.246 e. The van der Waals surface area contributed by atoms with Crippen LogP contribution in [-0.4, -0.2) is 35.6 Å². The first-order chi connectivity index (χ1) is 9.08. The average Bonchev–Trinajstić information content (AvgIpc) is 2.41. The minimum atomic E-state index is -0.0485. The number of carbonyl (C=O) groups excluding carboxylic acids is 1. The second-order valence-electron chi connectivity index (χ2n) is 4.34. The number of aliphatic hydroxyl groups is 1. The monoisotopic (exact) mass is 281 g/mol. The lowest BCUT2D eigenvalue weighted by Crippen LogP contribution is -2.30. The maximum atomic E-state index is 11.9. The summed E-state index contributed by atoms with van der Waals surface area (Å²) >= 11 is 6.03. The number of likely N-dealkylation sites (N-methyl/N-ethyl adjacent to an activating group) is 1. The molecule has 0 unspecified atom stereocenters. The highest BCUT2D eigenvalue weighted by molar-refractivity contribution is 6.31. The van der Waals surface area contributed by atoms with Crippen molar-refractivity contribution in [1.29, 1.82) is 0 Å². The molecule has 104 valence electrons. The zero-order valence-corrected chi connectivity index (χ0v) is 12.2. The molecular weight excluding hydrogens is 262 g/mol. The van der Waals surface area contributed by atoms with Gasteiger partial charge < -0.3 is 10.0 Å². The van der Waals surface area contributed by atoms with Gasteiger partial charge in [-0.15, -0.1) is 0 Å². The van der Waals surface area contributed by atoms with Crippen molar-refractivity contribution < 1.29 is 9.90 Å². The molecule has 0 heterocycles. The molecule has 0 radical (unpaired) electrons. The molecule has 0 fully saturated rings. The molecule has 1 amide bonds. The first-order valence-corrected chi connectivity index (χ1v) is 6.80. The Bertz CT molecular complexity index is 457. The number of halogens is 1. The Hall–Kier alpha value is -1.32. The fraction of sp³-hybridized carbons (Fsp3) is 0.400. The summed E-state index contributed by atoms with van der Waals surface area (Å²) in [6, 6.07) is 5.69. The Kier molecular flexibility index (Phi) is 6.60. The van der Waals surface area contributed by atoms with Crippen LogP contribution in [0.3, 0.4) is 0 Å². The molecule has 0 atom stereocenters. The summed E-state index contributed by atoms with van der Waals surface area (Å²) in [7, 11) is 0. The first kappa shape index (κ1) is 15.7. The Morgan fingerprint density at radius 3 is 2.79 bits per heavy atom. The number of amides is 1. The molecule has 19 heavy (non-hydrogen) atoms. The third kappa shape index (κ3) is 5.05. The van der Waals surface area contributed by atoms with E-state index in [2.05, 4.69) is 0 Å². The Balaban J connectivity index is 2.68. The number of aryl methyl sites for hydroxylation is 1. The zero-order chi connectivity index (χ0) is 14.3. The summed E-state index contributed by atoms with van der Waals surface area (Å²) in [5.74, 6) is -0.0485. The second-order valence-corrected chi connectivity index (χ2v) is 4.74. The molecule has 0 saturated heterocycles. The van der Waals surface area contributed by atoms with Crippen molar-refractivity contribution in [3.63, 3.8) is 0 Å². The van der Waals surface area contributed by atoms with E-state index in [1.54, 1.807) is 17.1 Å². The average molecular weight is 282 g/mol. The van der Waals surface area contributed by atoms with Gasteiger partial charge in [0.2, 0.25) is 5.91 Å². The van der Waals surface area contributed by atoms with Gasteiger partial charge in [-0.05, 0) is 43.5 Å². The second kappa shape index (κ2) is 7.97. The van der Waals surface area contributed by atoms with Gasteiger partial charge in [-0.1, -0.05) is 23.7 Å². The number of carbonyl (C=O) groups is 1. The fourth-order valence-electron chi connectivity index (χ4n) is 1.67. The first-order valence-electron chi connectivity index (χ1n) is 6.42. The van der Waals surface area contributed by atoms with E-state index in [9.17, 15) is 4.79 Å². The standard InChI is InChI=1S/C15H20ClNO2/c1-3-17(9-4-10-18)15(19)8-7-13-6-5-12(2)14(16)11-13/h5-8,11,18H,3-4,9-10H2,1-2H3/b8-7+. The lowest BCUT2D eigenvalue weighted by atomic mass is 10.1. The van der Waals surface area contributed by atoms with E-state index >= 15 is 0 Å². The maximum Gasteiger partial charge on any atom is 0.246 e. The van der Waals surface area contributed by atoms with Crippen molar-refractivity contribution in [3.05, 3.63) is 40.4 Å². The van der Waals surface area contributed by atoms with Crippen molar-refractivity contribution in [1.82, 2.24) is 4.90 Å². The van der Waals surface area contributed by atoms with Crippen molar-refractivity contribution in [2.45, 2.75) is 20.3 Å². The third-order valence-electron chi connectivity index (χ3n) is 2.89. The van der Waals surface area contributed by atoms with Gasteiger partial charge in [-0.3, -0.25) is 4.79 Å². The molecule has 0 aromatic heterocycles. The summed E-state index contributed by atoms with van der Waals surface area (Å²) in [5.41, 5.74) is 1.92. The van der Waals surface area contributed by atoms with Crippen LogP contribution in [0, 0.1) is 6.92 Å². The Labute approximate surface area is 119 Å². The van der Waals surface area contributed by atoms with Gasteiger partial charge in [-0.2, -0.15) is 0 Å². The zero-order valence-electron chi connectivity index (χ0n) is 11.4. The topological polar surface area (TPSA) is 40.5 Å².